The zero-order valence-electron chi connectivity index (χ0n) is 14.6. The molecule has 25 heavy (non-hydrogen) atoms. The molecule has 1 aliphatic rings. The first-order chi connectivity index (χ1) is 11.8. The maximum absolute atomic E-state index is 12.8. The van der Waals surface area contributed by atoms with Crippen LogP contribution in [0.15, 0.2) is 22.9 Å². The molecule has 1 aliphatic heterocycles. The van der Waals surface area contributed by atoms with Gasteiger partial charge in [0.2, 0.25) is 0 Å². The topological polar surface area (TPSA) is 59.2 Å². The van der Waals surface area contributed by atoms with Crippen molar-refractivity contribution in [1.82, 2.24) is 10.1 Å². The third-order valence-electron chi connectivity index (χ3n) is 4.36. The number of hydrogen-bond donors (Lipinski definition) is 0. The maximum Gasteiger partial charge on any atom is 0.162 e. The summed E-state index contributed by atoms with van der Waals surface area (Å²) in [5.74, 6) is 1.29. The van der Waals surface area contributed by atoms with Gasteiger partial charge >= 0.3 is 0 Å². The van der Waals surface area contributed by atoms with Crippen molar-refractivity contribution >= 4 is 34.8 Å². The van der Waals surface area contributed by atoms with Gasteiger partial charge in [-0.05, 0) is 18.9 Å². The zero-order valence-corrected chi connectivity index (χ0v) is 16.1. The lowest BCUT2D eigenvalue weighted by molar-refractivity contribution is -0.119. The average Bonchev–Trinajstić information content (AvgIpc) is 3.15. The zero-order chi connectivity index (χ0) is 18.2. The molecular weight excluding hydrogens is 361 g/mol. The molecule has 0 bridgehead atoms. The van der Waals surface area contributed by atoms with Gasteiger partial charge in [-0.15, -0.1) is 0 Å². The molecule has 1 atom stereocenters. The van der Waals surface area contributed by atoms with Gasteiger partial charge in [-0.3, -0.25) is 4.79 Å². The fraction of sp³-hybridized carbons (Fsp3) is 0.500. The van der Waals surface area contributed by atoms with E-state index in [9.17, 15) is 4.79 Å². The summed E-state index contributed by atoms with van der Waals surface area (Å²) in [6.45, 7) is 6.92. The molecule has 1 fully saturated rings. The molecule has 2 aromatic rings. The molecule has 0 aliphatic carbocycles. The Morgan fingerprint density at radius 1 is 1.36 bits per heavy atom. The molecule has 134 valence electrons. The summed E-state index contributed by atoms with van der Waals surface area (Å²) < 4.78 is 5.35. The van der Waals surface area contributed by atoms with Crippen LogP contribution in [0.2, 0.25) is 10.0 Å². The minimum Gasteiger partial charge on any atom is -0.361 e. The molecule has 0 spiro atoms. The van der Waals surface area contributed by atoms with E-state index in [0.717, 1.165) is 25.1 Å². The van der Waals surface area contributed by atoms with Crippen molar-refractivity contribution in [1.29, 1.82) is 0 Å². The number of halogens is 2. The molecule has 5 nitrogen and oxygen atoms in total. The molecule has 0 saturated carbocycles. The van der Waals surface area contributed by atoms with Crippen LogP contribution < -0.4 is 4.90 Å². The lowest BCUT2D eigenvalue weighted by atomic mass is 9.92. The van der Waals surface area contributed by atoms with Crippen LogP contribution in [-0.4, -0.2) is 28.5 Å². The van der Waals surface area contributed by atoms with Crippen LogP contribution in [0.1, 0.15) is 45.1 Å². The first-order valence-corrected chi connectivity index (χ1v) is 9.08. The quantitative estimate of drug-likeness (QED) is 0.782. The molecule has 1 saturated heterocycles. The first-order valence-electron chi connectivity index (χ1n) is 8.32. The number of rotatable bonds is 4. The summed E-state index contributed by atoms with van der Waals surface area (Å²) in [5.41, 5.74) is 0.742. The number of anilines is 1. The monoisotopic (exact) mass is 381 g/mol. The summed E-state index contributed by atoms with van der Waals surface area (Å²) >= 11 is 12.2. The number of nitrogens with zero attached hydrogens (tertiary/aromatic N) is 3. The van der Waals surface area contributed by atoms with E-state index in [1.807, 2.05) is 11.0 Å². The van der Waals surface area contributed by atoms with Gasteiger partial charge in [-0.2, -0.15) is 0 Å². The van der Waals surface area contributed by atoms with Gasteiger partial charge in [0.1, 0.15) is 11.6 Å². The highest BCUT2D eigenvalue weighted by Gasteiger charge is 2.33. The van der Waals surface area contributed by atoms with E-state index in [4.69, 9.17) is 27.7 Å². The van der Waals surface area contributed by atoms with Crippen molar-refractivity contribution in [2.24, 2.45) is 0 Å². The van der Waals surface area contributed by atoms with E-state index in [1.54, 1.807) is 12.3 Å². The molecule has 0 N–H and O–H groups in total. The predicted octanol–water partition coefficient (Wildman–Crippen LogP) is 4.45. The molecule has 0 aromatic carbocycles. The lowest BCUT2D eigenvalue weighted by Gasteiger charge is -2.25. The minimum absolute atomic E-state index is 0.0851. The second-order valence-corrected chi connectivity index (χ2v) is 8.23. The number of Topliss-reactive ketones (excluding diaryl/α,β-unsaturated/α-hetero) is 1. The van der Waals surface area contributed by atoms with Gasteiger partial charge < -0.3 is 9.42 Å². The van der Waals surface area contributed by atoms with Crippen LogP contribution >= 0.6 is 23.2 Å². The van der Waals surface area contributed by atoms with Crippen LogP contribution in [-0.2, 0) is 16.6 Å². The van der Waals surface area contributed by atoms with Crippen LogP contribution in [0, 0.1) is 0 Å². The summed E-state index contributed by atoms with van der Waals surface area (Å²) in [7, 11) is 0. The molecule has 3 rings (SSSR count). The molecular formula is C18H21Cl2N3O2. The van der Waals surface area contributed by atoms with Crippen LogP contribution in [0.3, 0.4) is 0 Å². The lowest BCUT2D eigenvalue weighted by Crippen LogP contribution is -2.37. The average molecular weight is 382 g/mol. The van der Waals surface area contributed by atoms with E-state index in [2.05, 4.69) is 30.9 Å². The highest BCUT2D eigenvalue weighted by Crippen LogP contribution is 2.32. The van der Waals surface area contributed by atoms with Crippen LogP contribution in [0.5, 0.6) is 0 Å². The van der Waals surface area contributed by atoms with Crippen LogP contribution in [0.25, 0.3) is 0 Å². The Balaban J connectivity index is 1.76. The minimum atomic E-state index is -0.255. The van der Waals surface area contributed by atoms with Gasteiger partial charge in [0, 0.05) is 24.2 Å². The third kappa shape index (κ3) is 3.98. The van der Waals surface area contributed by atoms with Crippen LogP contribution in [0.4, 0.5) is 5.82 Å². The molecule has 2 aromatic heterocycles. The number of hydrogen-bond acceptors (Lipinski definition) is 5. The Kier molecular flexibility index (Phi) is 5.07. The van der Waals surface area contributed by atoms with Crippen molar-refractivity contribution < 1.29 is 9.32 Å². The highest BCUT2D eigenvalue weighted by atomic mass is 35.5. The van der Waals surface area contributed by atoms with Crippen molar-refractivity contribution in [2.75, 3.05) is 11.4 Å². The Hall–Kier alpha value is -1.59. The van der Waals surface area contributed by atoms with Crippen molar-refractivity contribution in [3.05, 3.63) is 39.8 Å². The first kappa shape index (κ1) is 18.2. The number of carbonyl (C=O) groups is 1. The van der Waals surface area contributed by atoms with E-state index < -0.39 is 0 Å². The molecule has 0 unspecified atom stereocenters. The Labute approximate surface area is 157 Å². The molecule has 7 heteroatoms. The predicted molar refractivity (Wildman–Crippen MR) is 98.5 cm³/mol. The summed E-state index contributed by atoms with van der Waals surface area (Å²) in [5, 5.41) is 5.02. The number of pyridine rings is 1. The summed E-state index contributed by atoms with van der Waals surface area (Å²) in [6.07, 6.45) is 3.46. The van der Waals surface area contributed by atoms with Gasteiger partial charge in [-0.25, -0.2) is 4.98 Å². The number of ketones is 1. The summed E-state index contributed by atoms with van der Waals surface area (Å²) in [4.78, 5) is 19.1. The van der Waals surface area contributed by atoms with Gasteiger partial charge in [0.05, 0.1) is 28.2 Å². The molecule has 0 amide bonds. The molecule has 0 radical (unpaired) electrons. The fourth-order valence-electron chi connectivity index (χ4n) is 3.01. The largest absolute Gasteiger partial charge is 0.361 e. The smallest absolute Gasteiger partial charge is 0.162 e. The Bertz CT molecular complexity index is 783. The second kappa shape index (κ2) is 6.96. The van der Waals surface area contributed by atoms with E-state index in [1.165, 1.54) is 0 Å². The van der Waals surface area contributed by atoms with Gasteiger partial charge in [0.15, 0.2) is 5.78 Å². The van der Waals surface area contributed by atoms with Crippen molar-refractivity contribution in [3.63, 3.8) is 0 Å². The van der Waals surface area contributed by atoms with E-state index >= 15 is 0 Å². The van der Waals surface area contributed by atoms with Gasteiger partial charge in [-0.1, -0.05) is 49.1 Å². The van der Waals surface area contributed by atoms with Gasteiger partial charge in [0.25, 0.3) is 0 Å². The highest BCUT2D eigenvalue weighted by molar-refractivity contribution is 6.36. The van der Waals surface area contributed by atoms with E-state index in [0.29, 0.717) is 21.6 Å². The third-order valence-corrected chi connectivity index (χ3v) is 4.85. The second-order valence-electron chi connectivity index (χ2n) is 7.38. The Morgan fingerprint density at radius 2 is 2.12 bits per heavy atom. The standard InChI is InChI=1S/C18H21Cl2N3O2/c1-18(2,3)16-9-12(25-22-16)8-15(24)14-5-4-6-23(14)17-13(20)7-11(19)10-21-17/h7,9-10,14H,4-6,8H2,1-3H3/t14-/m0/s1. The summed E-state index contributed by atoms with van der Waals surface area (Å²) in [6, 6.07) is 3.26. The normalized spacial score (nSPS) is 18.0. The van der Waals surface area contributed by atoms with Crippen molar-refractivity contribution in [2.45, 2.75) is 51.5 Å². The van der Waals surface area contributed by atoms with Crippen molar-refractivity contribution in [3.8, 4) is 0 Å². The number of aromatic nitrogens is 2. The SMILES string of the molecule is CC(C)(C)c1cc(CC(=O)[C@@H]2CCCN2c2ncc(Cl)cc2Cl)on1. The maximum atomic E-state index is 12.8. The molecule has 3 heterocycles. The fourth-order valence-corrected chi connectivity index (χ4v) is 3.50. The van der Waals surface area contributed by atoms with E-state index in [-0.39, 0.29) is 23.7 Å². The Morgan fingerprint density at radius 3 is 2.76 bits per heavy atom. The number of carbonyl (C=O) groups excluding carboxylic acids is 1.